The SMILES string of the molecule is OC1CCC(Nc2nc(Nc3ccnc(Cl)c3)ncc2C2CCN(c3ccccc3)CC2)CC1. The second-order valence-corrected chi connectivity index (χ2v) is 9.62. The first kappa shape index (κ1) is 22.9. The van der Waals surface area contributed by atoms with E-state index < -0.39 is 0 Å². The van der Waals surface area contributed by atoms with Crippen molar-refractivity contribution in [3.63, 3.8) is 0 Å². The van der Waals surface area contributed by atoms with Crippen LogP contribution in [0.1, 0.15) is 50.0 Å². The number of aromatic nitrogens is 3. The molecule has 1 aliphatic carbocycles. The smallest absolute Gasteiger partial charge is 0.229 e. The molecule has 8 heteroatoms. The van der Waals surface area contributed by atoms with E-state index in [0.29, 0.717) is 23.1 Å². The van der Waals surface area contributed by atoms with E-state index in [2.05, 4.69) is 55.8 Å². The minimum absolute atomic E-state index is 0.182. The van der Waals surface area contributed by atoms with E-state index in [1.54, 1.807) is 12.3 Å². The first-order chi connectivity index (χ1) is 16.6. The molecule has 0 atom stereocenters. The molecule has 2 aliphatic rings. The number of nitrogens with one attached hydrogen (secondary N) is 2. The van der Waals surface area contributed by atoms with Crippen LogP contribution in [0, 0.1) is 0 Å². The largest absolute Gasteiger partial charge is 0.393 e. The van der Waals surface area contributed by atoms with Gasteiger partial charge in [0.2, 0.25) is 5.95 Å². The Morgan fingerprint density at radius 2 is 1.71 bits per heavy atom. The molecule has 1 saturated carbocycles. The molecule has 2 fully saturated rings. The van der Waals surface area contributed by atoms with Crippen LogP contribution in [-0.4, -0.2) is 45.3 Å². The third-order valence-electron chi connectivity index (χ3n) is 6.89. The molecule has 1 saturated heterocycles. The molecule has 3 aromatic rings. The highest BCUT2D eigenvalue weighted by Gasteiger charge is 2.26. The van der Waals surface area contributed by atoms with Crippen LogP contribution in [0.2, 0.25) is 5.15 Å². The van der Waals surface area contributed by atoms with Gasteiger partial charge in [-0.05, 0) is 68.7 Å². The number of hydrogen-bond acceptors (Lipinski definition) is 7. The average molecular weight is 479 g/mol. The van der Waals surface area contributed by atoms with Gasteiger partial charge in [0.1, 0.15) is 11.0 Å². The summed E-state index contributed by atoms with van der Waals surface area (Å²) < 4.78 is 0. The van der Waals surface area contributed by atoms with Crippen molar-refractivity contribution in [2.75, 3.05) is 28.6 Å². The fourth-order valence-corrected chi connectivity index (χ4v) is 5.15. The van der Waals surface area contributed by atoms with Crippen LogP contribution in [0.4, 0.5) is 23.1 Å². The zero-order chi connectivity index (χ0) is 23.3. The number of aliphatic hydroxyl groups excluding tert-OH is 1. The molecule has 1 aromatic carbocycles. The molecule has 0 amide bonds. The highest BCUT2D eigenvalue weighted by Crippen LogP contribution is 2.35. The number of rotatable bonds is 6. The van der Waals surface area contributed by atoms with E-state index in [9.17, 15) is 5.11 Å². The van der Waals surface area contributed by atoms with Crippen LogP contribution >= 0.6 is 11.6 Å². The van der Waals surface area contributed by atoms with Gasteiger partial charge in [-0.1, -0.05) is 29.8 Å². The summed E-state index contributed by atoms with van der Waals surface area (Å²) in [4.78, 5) is 16.0. The molecule has 0 spiro atoms. The molecular formula is C26H31ClN6O. The van der Waals surface area contributed by atoms with E-state index in [4.69, 9.17) is 16.6 Å². The lowest BCUT2D eigenvalue weighted by Crippen LogP contribution is -2.34. The van der Waals surface area contributed by atoms with Crippen molar-refractivity contribution in [3.8, 4) is 0 Å². The van der Waals surface area contributed by atoms with Crippen LogP contribution in [0.3, 0.4) is 0 Å². The first-order valence-corrected chi connectivity index (χ1v) is 12.5. The molecule has 5 rings (SSSR count). The highest BCUT2D eigenvalue weighted by atomic mass is 35.5. The third-order valence-corrected chi connectivity index (χ3v) is 7.10. The Bertz CT molecular complexity index is 1080. The summed E-state index contributed by atoms with van der Waals surface area (Å²) in [6.45, 7) is 2.03. The number of benzene rings is 1. The van der Waals surface area contributed by atoms with Crippen molar-refractivity contribution in [2.24, 2.45) is 0 Å². The summed E-state index contributed by atoms with van der Waals surface area (Å²) in [7, 11) is 0. The predicted octanol–water partition coefficient (Wildman–Crippen LogP) is 5.37. The summed E-state index contributed by atoms with van der Waals surface area (Å²) in [5, 5.41) is 17.3. The second kappa shape index (κ2) is 10.6. The molecule has 0 radical (unpaired) electrons. The fourth-order valence-electron chi connectivity index (χ4n) is 4.98. The maximum atomic E-state index is 9.92. The molecule has 178 valence electrons. The Hall–Kier alpha value is -2.90. The van der Waals surface area contributed by atoms with Crippen molar-refractivity contribution in [1.82, 2.24) is 15.0 Å². The van der Waals surface area contributed by atoms with Gasteiger partial charge in [0.15, 0.2) is 0 Å². The number of anilines is 4. The standard InChI is InChI=1S/C26H31ClN6O/c27-24-16-20(10-13-28-24)31-26-29-17-23(25(32-26)30-19-6-8-22(34)9-7-19)18-11-14-33(15-12-18)21-4-2-1-3-5-21/h1-5,10,13,16-19,22,34H,6-9,11-12,14-15H2,(H2,28,29,30,31,32). The Kier molecular flexibility index (Phi) is 7.11. The van der Waals surface area contributed by atoms with E-state index >= 15 is 0 Å². The topological polar surface area (TPSA) is 86.2 Å². The number of pyridine rings is 1. The Morgan fingerprint density at radius 3 is 2.44 bits per heavy atom. The molecule has 3 N–H and O–H groups in total. The minimum atomic E-state index is -0.182. The van der Waals surface area contributed by atoms with Crippen LogP contribution in [0.25, 0.3) is 0 Å². The minimum Gasteiger partial charge on any atom is -0.393 e. The summed E-state index contributed by atoms with van der Waals surface area (Å²) >= 11 is 6.04. The van der Waals surface area contributed by atoms with E-state index in [-0.39, 0.29) is 6.10 Å². The molecule has 1 aliphatic heterocycles. The molecule has 0 unspecified atom stereocenters. The fraction of sp³-hybridized carbons (Fsp3) is 0.423. The van der Waals surface area contributed by atoms with Crippen molar-refractivity contribution < 1.29 is 5.11 Å². The number of aliphatic hydroxyl groups is 1. The Balaban J connectivity index is 1.34. The quantitative estimate of drug-likeness (QED) is 0.410. The number of nitrogens with zero attached hydrogens (tertiary/aromatic N) is 4. The predicted molar refractivity (Wildman–Crippen MR) is 137 cm³/mol. The van der Waals surface area contributed by atoms with Gasteiger partial charge in [0, 0.05) is 48.5 Å². The van der Waals surface area contributed by atoms with Gasteiger partial charge in [-0.2, -0.15) is 4.98 Å². The average Bonchev–Trinajstić information content (AvgIpc) is 2.86. The molecule has 2 aromatic heterocycles. The van der Waals surface area contributed by atoms with Gasteiger partial charge in [-0.3, -0.25) is 0 Å². The van der Waals surface area contributed by atoms with E-state index in [1.807, 2.05) is 12.3 Å². The van der Waals surface area contributed by atoms with Gasteiger partial charge < -0.3 is 20.6 Å². The summed E-state index contributed by atoms with van der Waals surface area (Å²) in [6.07, 6.45) is 9.11. The maximum absolute atomic E-state index is 9.92. The third kappa shape index (κ3) is 5.59. The van der Waals surface area contributed by atoms with Gasteiger partial charge in [-0.25, -0.2) is 9.97 Å². The number of hydrogen-bond donors (Lipinski definition) is 3. The van der Waals surface area contributed by atoms with Gasteiger partial charge >= 0.3 is 0 Å². The normalized spacial score (nSPS) is 21.3. The van der Waals surface area contributed by atoms with Crippen molar-refractivity contribution in [3.05, 3.63) is 65.6 Å². The molecule has 0 bridgehead atoms. The van der Waals surface area contributed by atoms with Crippen LogP contribution in [0.5, 0.6) is 0 Å². The summed E-state index contributed by atoms with van der Waals surface area (Å²) in [6, 6.07) is 14.5. The van der Waals surface area contributed by atoms with Gasteiger partial charge in [0.05, 0.1) is 6.10 Å². The zero-order valence-corrected chi connectivity index (χ0v) is 20.0. The monoisotopic (exact) mass is 478 g/mol. The lowest BCUT2D eigenvalue weighted by Gasteiger charge is -2.35. The molecule has 7 nitrogen and oxygen atoms in total. The van der Waals surface area contributed by atoms with Gasteiger partial charge in [0.25, 0.3) is 0 Å². The maximum Gasteiger partial charge on any atom is 0.229 e. The summed E-state index contributed by atoms with van der Waals surface area (Å²) in [5.41, 5.74) is 3.26. The van der Waals surface area contributed by atoms with Crippen molar-refractivity contribution >= 4 is 34.7 Å². The van der Waals surface area contributed by atoms with E-state index in [0.717, 1.165) is 63.1 Å². The van der Waals surface area contributed by atoms with Crippen molar-refractivity contribution in [2.45, 2.75) is 56.6 Å². The molecule has 34 heavy (non-hydrogen) atoms. The van der Waals surface area contributed by atoms with Crippen LogP contribution in [0.15, 0.2) is 54.9 Å². The Labute approximate surface area is 205 Å². The number of para-hydroxylation sites is 1. The van der Waals surface area contributed by atoms with Crippen LogP contribution in [-0.2, 0) is 0 Å². The number of piperidine rings is 1. The zero-order valence-electron chi connectivity index (χ0n) is 19.2. The Morgan fingerprint density at radius 1 is 0.941 bits per heavy atom. The number of halogens is 1. The first-order valence-electron chi connectivity index (χ1n) is 12.1. The molecule has 3 heterocycles. The lowest BCUT2D eigenvalue weighted by molar-refractivity contribution is 0.126. The van der Waals surface area contributed by atoms with E-state index in [1.165, 1.54) is 11.3 Å². The summed E-state index contributed by atoms with van der Waals surface area (Å²) in [5.74, 6) is 1.84. The van der Waals surface area contributed by atoms with Gasteiger partial charge in [-0.15, -0.1) is 0 Å². The van der Waals surface area contributed by atoms with Crippen molar-refractivity contribution in [1.29, 1.82) is 0 Å². The lowest BCUT2D eigenvalue weighted by atomic mass is 9.89. The second-order valence-electron chi connectivity index (χ2n) is 9.24. The van der Waals surface area contributed by atoms with Crippen LogP contribution < -0.4 is 15.5 Å². The highest BCUT2D eigenvalue weighted by molar-refractivity contribution is 6.29. The molecular weight excluding hydrogens is 448 g/mol.